The van der Waals surface area contributed by atoms with E-state index in [1.165, 1.54) is 19.2 Å². The fourth-order valence-corrected chi connectivity index (χ4v) is 1.96. The Bertz CT molecular complexity index is 383. The molecule has 0 fully saturated rings. The second-order valence-corrected chi connectivity index (χ2v) is 4.28. The summed E-state index contributed by atoms with van der Waals surface area (Å²) in [6.45, 7) is 1.94. The summed E-state index contributed by atoms with van der Waals surface area (Å²) in [6, 6.07) is 6.15. The molecule has 0 amide bonds. The Morgan fingerprint density at radius 3 is 2.29 bits per heavy atom. The van der Waals surface area contributed by atoms with E-state index in [0.717, 1.165) is 0 Å². The SMILES string of the molecule is CC[N]S(=O)(=O)c1ccc(OC)cc1. The molecule has 0 aliphatic carbocycles. The number of methoxy groups -OCH3 is 1. The minimum absolute atomic E-state index is 0.195. The van der Waals surface area contributed by atoms with Crippen molar-refractivity contribution < 1.29 is 13.2 Å². The van der Waals surface area contributed by atoms with E-state index in [0.29, 0.717) is 5.75 Å². The molecule has 0 saturated carbocycles. The average Bonchev–Trinajstić information content (AvgIpc) is 2.18. The molecule has 0 N–H and O–H groups in total. The van der Waals surface area contributed by atoms with Crippen molar-refractivity contribution in [2.45, 2.75) is 11.8 Å². The van der Waals surface area contributed by atoms with E-state index in [4.69, 9.17) is 4.74 Å². The van der Waals surface area contributed by atoms with Crippen LogP contribution in [0, 0.1) is 0 Å². The molecule has 0 aliphatic heterocycles. The van der Waals surface area contributed by atoms with Gasteiger partial charge in [-0.05, 0) is 31.2 Å². The summed E-state index contributed by atoms with van der Waals surface area (Å²) in [5.74, 6) is 0.625. The van der Waals surface area contributed by atoms with Gasteiger partial charge in [-0.2, -0.15) is 0 Å². The molecule has 0 aliphatic rings. The van der Waals surface area contributed by atoms with Crippen molar-refractivity contribution in [3.63, 3.8) is 0 Å². The molecule has 0 aromatic heterocycles. The first kappa shape index (κ1) is 11.0. The molecule has 0 saturated heterocycles. The topological polar surface area (TPSA) is 57.5 Å². The first-order chi connectivity index (χ1) is 6.60. The maximum Gasteiger partial charge on any atom is 0.256 e. The molecule has 1 rings (SSSR count). The van der Waals surface area contributed by atoms with Crippen molar-refractivity contribution in [2.24, 2.45) is 0 Å². The van der Waals surface area contributed by atoms with Gasteiger partial charge in [0.25, 0.3) is 10.0 Å². The van der Waals surface area contributed by atoms with Crippen LogP contribution in [0.15, 0.2) is 29.2 Å². The summed E-state index contributed by atoms with van der Waals surface area (Å²) in [7, 11) is -1.94. The summed E-state index contributed by atoms with van der Waals surface area (Å²) in [5, 5.41) is 0. The third kappa shape index (κ3) is 2.46. The van der Waals surface area contributed by atoms with Gasteiger partial charge in [0.15, 0.2) is 0 Å². The lowest BCUT2D eigenvalue weighted by Gasteiger charge is -2.03. The lowest BCUT2D eigenvalue weighted by Crippen LogP contribution is -2.15. The van der Waals surface area contributed by atoms with Crippen molar-refractivity contribution in [3.05, 3.63) is 24.3 Å². The van der Waals surface area contributed by atoms with Crippen molar-refractivity contribution in [1.82, 2.24) is 4.72 Å². The van der Waals surface area contributed by atoms with Crippen molar-refractivity contribution in [1.29, 1.82) is 0 Å². The molecule has 77 valence electrons. The molecule has 1 aromatic carbocycles. The van der Waals surface area contributed by atoms with Crippen LogP contribution in [-0.4, -0.2) is 22.1 Å². The molecular formula is C9H12NO3S. The van der Waals surface area contributed by atoms with Crippen LogP contribution in [0.25, 0.3) is 0 Å². The monoisotopic (exact) mass is 214 g/mol. The summed E-state index contributed by atoms with van der Waals surface area (Å²) >= 11 is 0. The van der Waals surface area contributed by atoms with Gasteiger partial charge < -0.3 is 4.74 Å². The second-order valence-electron chi connectivity index (χ2n) is 2.60. The zero-order valence-electron chi connectivity index (χ0n) is 8.10. The predicted molar refractivity (Wildman–Crippen MR) is 52.9 cm³/mol. The van der Waals surface area contributed by atoms with Gasteiger partial charge in [-0.1, -0.05) is 0 Å². The van der Waals surface area contributed by atoms with Crippen LogP contribution in [0.1, 0.15) is 6.92 Å². The highest BCUT2D eigenvalue weighted by Gasteiger charge is 2.13. The van der Waals surface area contributed by atoms with Gasteiger partial charge >= 0.3 is 0 Å². The molecule has 0 atom stereocenters. The van der Waals surface area contributed by atoms with Gasteiger partial charge in [0.05, 0.1) is 12.0 Å². The maximum absolute atomic E-state index is 11.4. The van der Waals surface area contributed by atoms with Crippen LogP contribution in [0.3, 0.4) is 0 Å². The highest BCUT2D eigenvalue weighted by molar-refractivity contribution is 7.89. The average molecular weight is 214 g/mol. The Morgan fingerprint density at radius 2 is 1.86 bits per heavy atom. The quantitative estimate of drug-likeness (QED) is 0.751. The summed E-state index contributed by atoms with van der Waals surface area (Å²) in [5.41, 5.74) is 0. The lowest BCUT2D eigenvalue weighted by molar-refractivity contribution is 0.414. The Labute approximate surface area is 84.0 Å². The van der Waals surface area contributed by atoms with E-state index in [2.05, 4.69) is 4.72 Å². The van der Waals surface area contributed by atoms with Crippen LogP contribution >= 0.6 is 0 Å². The fourth-order valence-electron chi connectivity index (χ4n) is 0.992. The first-order valence-electron chi connectivity index (χ1n) is 4.18. The molecule has 14 heavy (non-hydrogen) atoms. The number of benzene rings is 1. The number of hydrogen-bond donors (Lipinski definition) is 0. The van der Waals surface area contributed by atoms with E-state index in [1.54, 1.807) is 19.1 Å². The molecule has 0 heterocycles. The largest absolute Gasteiger partial charge is 0.497 e. The predicted octanol–water partition coefficient (Wildman–Crippen LogP) is 1.01. The molecular weight excluding hydrogens is 202 g/mol. The van der Waals surface area contributed by atoms with Gasteiger partial charge in [0, 0.05) is 6.54 Å². The van der Waals surface area contributed by atoms with Gasteiger partial charge in [0.2, 0.25) is 0 Å². The minimum atomic E-state index is -3.47. The molecule has 1 aromatic rings. The zero-order valence-corrected chi connectivity index (χ0v) is 8.91. The molecule has 5 heteroatoms. The van der Waals surface area contributed by atoms with E-state index >= 15 is 0 Å². The third-order valence-corrected chi connectivity index (χ3v) is 3.12. The second kappa shape index (κ2) is 4.43. The van der Waals surface area contributed by atoms with Crippen LogP contribution in [0.4, 0.5) is 0 Å². The number of nitrogens with zero attached hydrogens (tertiary/aromatic N) is 1. The molecule has 0 unspecified atom stereocenters. The molecule has 0 spiro atoms. The third-order valence-electron chi connectivity index (χ3n) is 1.66. The molecule has 0 bridgehead atoms. The van der Waals surface area contributed by atoms with Crippen molar-refractivity contribution >= 4 is 10.0 Å². The Kier molecular flexibility index (Phi) is 3.49. The molecule has 1 radical (unpaired) electrons. The van der Waals surface area contributed by atoms with E-state index in [9.17, 15) is 8.42 Å². The standard InChI is InChI=1S/C9H12NO3S/c1-3-10-14(11,12)9-6-4-8(13-2)5-7-9/h4-7H,3H2,1-2H3. The normalized spacial score (nSPS) is 11.3. The maximum atomic E-state index is 11.4. The Hall–Kier alpha value is -1.07. The van der Waals surface area contributed by atoms with Gasteiger partial charge in [0.1, 0.15) is 5.75 Å². The van der Waals surface area contributed by atoms with Crippen molar-refractivity contribution in [3.8, 4) is 5.75 Å². The minimum Gasteiger partial charge on any atom is -0.497 e. The Balaban J connectivity index is 2.97. The number of ether oxygens (including phenoxy) is 1. The zero-order chi connectivity index (χ0) is 10.6. The highest BCUT2D eigenvalue weighted by Crippen LogP contribution is 2.15. The smallest absolute Gasteiger partial charge is 0.256 e. The summed E-state index contributed by atoms with van der Waals surface area (Å²) < 4.78 is 31.3. The fraction of sp³-hybridized carbons (Fsp3) is 0.333. The molecule has 4 nitrogen and oxygen atoms in total. The first-order valence-corrected chi connectivity index (χ1v) is 5.62. The van der Waals surface area contributed by atoms with Crippen LogP contribution in [-0.2, 0) is 10.0 Å². The van der Waals surface area contributed by atoms with Crippen LogP contribution in [0.5, 0.6) is 5.75 Å². The van der Waals surface area contributed by atoms with Gasteiger partial charge in [-0.25, -0.2) is 8.42 Å². The summed E-state index contributed by atoms with van der Waals surface area (Å²) in [6.07, 6.45) is 0. The van der Waals surface area contributed by atoms with E-state index in [-0.39, 0.29) is 11.4 Å². The summed E-state index contributed by atoms with van der Waals surface area (Å²) in [4.78, 5) is 0.195. The van der Waals surface area contributed by atoms with Crippen molar-refractivity contribution in [2.75, 3.05) is 13.7 Å². The Morgan fingerprint density at radius 1 is 1.29 bits per heavy atom. The lowest BCUT2D eigenvalue weighted by atomic mass is 10.3. The number of sulfonamides is 1. The van der Waals surface area contributed by atoms with Gasteiger partial charge in [-0.15, -0.1) is 4.72 Å². The highest BCUT2D eigenvalue weighted by atomic mass is 32.2. The van der Waals surface area contributed by atoms with Gasteiger partial charge in [-0.3, -0.25) is 0 Å². The number of hydrogen-bond acceptors (Lipinski definition) is 3. The number of rotatable bonds is 4. The van der Waals surface area contributed by atoms with Crippen LogP contribution in [0.2, 0.25) is 0 Å². The van der Waals surface area contributed by atoms with E-state index in [1.807, 2.05) is 0 Å². The van der Waals surface area contributed by atoms with Crippen LogP contribution < -0.4 is 9.46 Å². The van der Waals surface area contributed by atoms with E-state index < -0.39 is 10.0 Å².